The zero-order chi connectivity index (χ0) is 20.4. The SMILES string of the molecule is CCOc1ccc(-n2c(C)cc(C(=O)Cn3ncc(Cl)c(Cl)c3=O)c2C)cc1. The van der Waals surface area contributed by atoms with Crippen molar-refractivity contribution in [1.82, 2.24) is 14.3 Å². The van der Waals surface area contributed by atoms with Crippen LogP contribution in [0, 0.1) is 13.8 Å². The molecule has 3 aromatic rings. The Hall–Kier alpha value is -2.57. The number of Topliss-reactive ketones (excluding diaryl/α,β-unsaturated/α-hetero) is 1. The molecule has 0 amide bonds. The Labute approximate surface area is 172 Å². The number of ether oxygens (including phenoxy) is 1. The van der Waals surface area contributed by atoms with Gasteiger partial charge in [-0.05, 0) is 51.1 Å². The molecule has 0 aliphatic rings. The van der Waals surface area contributed by atoms with Gasteiger partial charge in [0.2, 0.25) is 0 Å². The molecule has 0 radical (unpaired) electrons. The molecule has 8 heteroatoms. The van der Waals surface area contributed by atoms with Crippen molar-refractivity contribution in [1.29, 1.82) is 0 Å². The maximum absolute atomic E-state index is 12.8. The zero-order valence-electron chi connectivity index (χ0n) is 15.7. The number of hydrogen-bond donors (Lipinski definition) is 0. The molecule has 0 bridgehead atoms. The Balaban J connectivity index is 1.92. The van der Waals surface area contributed by atoms with E-state index in [1.165, 1.54) is 6.20 Å². The number of hydrogen-bond acceptors (Lipinski definition) is 4. The quantitative estimate of drug-likeness (QED) is 0.560. The lowest BCUT2D eigenvalue weighted by Gasteiger charge is -2.11. The molecule has 0 aliphatic carbocycles. The van der Waals surface area contributed by atoms with Gasteiger partial charge in [-0.3, -0.25) is 9.59 Å². The largest absolute Gasteiger partial charge is 0.494 e. The maximum atomic E-state index is 12.8. The van der Waals surface area contributed by atoms with Gasteiger partial charge in [0.25, 0.3) is 5.56 Å². The number of ketones is 1. The van der Waals surface area contributed by atoms with Gasteiger partial charge in [0, 0.05) is 22.6 Å². The molecular formula is C20H19Cl2N3O3. The smallest absolute Gasteiger partial charge is 0.287 e. The molecule has 0 saturated heterocycles. The molecule has 0 saturated carbocycles. The molecule has 146 valence electrons. The van der Waals surface area contributed by atoms with Crippen LogP contribution in [0.3, 0.4) is 0 Å². The van der Waals surface area contributed by atoms with Crippen LogP contribution in [0.25, 0.3) is 5.69 Å². The van der Waals surface area contributed by atoms with Crippen LogP contribution in [-0.2, 0) is 6.54 Å². The standard InChI is InChI=1S/C20H19Cl2N3O3/c1-4-28-15-7-5-14(6-8-15)25-12(2)9-16(13(25)3)18(26)11-24-20(27)19(22)17(21)10-23-24/h5-10H,4,11H2,1-3H3. The second-order valence-corrected chi connectivity index (χ2v) is 7.02. The van der Waals surface area contributed by atoms with E-state index in [9.17, 15) is 9.59 Å². The number of aromatic nitrogens is 3. The molecule has 2 heterocycles. The van der Waals surface area contributed by atoms with Crippen LogP contribution in [0.15, 0.2) is 41.3 Å². The van der Waals surface area contributed by atoms with Crippen molar-refractivity contribution < 1.29 is 9.53 Å². The van der Waals surface area contributed by atoms with Crippen molar-refractivity contribution in [2.24, 2.45) is 0 Å². The second-order valence-electron chi connectivity index (χ2n) is 6.24. The molecule has 28 heavy (non-hydrogen) atoms. The van der Waals surface area contributed by atoms with Gasteiger partial charge >= 0.3 is 0 Å². The fourth-order valence-electron chi connectivity index (χ4n) is 3.08. The van der Waals surface area contributed by atoms with Gasteiger partial charge < -0.3 is 9.30 Å². The van der Waals surface area contributed by atoms with E-state index >= 15 is 0 Å². The number of carbonyl (C=O) groups excluding carboxylic acids is 1. The summed E-state index contributed by atoms with van der Waals surface area (Å²) in [5, 5.41) is 3.81. The van der Waals surface area contributed by atoms with E-state index in [-0.39, 0.29) is 22.4 Å². The van der Waals surface area contributed by atoms with E-state index in [2.05, 4.69) is 5.10 Å². The highest BCUT2D eigenvalue weighted by Crippen LogP contribution is 2.23. The number of aryl methyl sites for hydroxylation is 1. The molecule has 3 rings (SSSR count). The summed E-state index contributed by atoms with van der Waals surface area (Å²) in [6, 6.07) is 9.45. The average Bonchev–Trinajstić information content (AvgIpc) is 2.97. The monoisotopic (exact) mass is 419 g/mol. The summed E-state index contributed by atoms with van der Waals surface area (Å²) in [6.07, 6.45) is 1.25. The van der Waals surface area contributed by atoms with Gasteiger partial charge in [0.1, 0.15) is 17.3 Å². The summed E-state index contributed by atoms with van der Waals surface area (Å²) in [7, 11) is 0. The summed E-state index contributed by atoms with van der Waals surface area (Å²) in [5.74, 6) is 0.549. The Bertz CT molecular complexity index is 1090. The van der Waals surface area contributed by atoms with Crippen molar-refractivity contribution in [3.63, 3.8) is 0 Å². The van der Waals surface area contributed by atoms with E-state index in [0.29, 0.717) is 12.2 Å². The van der Waals surface area contributed by atoms with Gasteiger partial charge in [-0.2, -0.15) is 5.10 Å². The van der Waals surface area contributed by atoms with Crippen LogP contribution in [-0.4, -0.2) is 26.7 Å². The number of nitrogens with zero attached hydrogens (tertiary/aromatic N) is 3. The molecule has 0 N–H and O–H groups in total. The number of carbonyl (C=O) groups is 1. The Morgan fingerprint density at radius 2 is 1.86 bits per heavy atom. The Kier molecular flexibility index (Phi) is 5.91. The molecule has 0 unspecified atom stereocenters. The molecule has 0 spiro atoms. The molecule has 6 nitrogen and oxygen atoms in total. The van der Waals surface area contributed by atoms with E-state index in [1.54, 1.807) is 6.07 Å². The number of benzene rings is 1. The van der Waals surface area contributed by atoms with Gasteiger partial charge in [-0.15, -0.1) is 0 Å². The average molecular weight is 420 g/mol. The third-order valence-electron chi connectivity index (χ3n) is 4.37. The van der Waals surface area contributed by atoms with Gasteiger partial charge in [-0.25, -0.2) is 4.68 Å². The minimum atomic E-state index is -0.595. The second kappa shape index (κ2) is 8.20. The zero-order valence-corrected chi connectivity index (χ0v) is 17.2. The van der Waals surface area contributed by atoms with Gasteiger partial charge in [0.05, 0.1) is 17.8 Å². The van der Waals surface area contributed by atoms with Crippen LogP contribution < -0.4 is 10.3 Å². The third-order valence-corrected chi connectivity index (χ3v) is 5.12. The van der Waals surface area contributed by atoms with Crippen LogP contribution in [0.1, 0.15) is 28.7 Å². The van der Waals surface area contributed by atoms with Crippen molar-refractivity contribution in [3.8, 4) is 11.4 Å². The fraction of sp³-hybridized carbons (Fsp3) is 0.250. The first-order valence-corrected chi connectivity index (χ1v) is 9.45. The molecule has 1 aromatic carbocycles. The van der Waals surface area contributed by atoms with Crippen LogP contribution >= 0.6 is 23.2 Å². The summed E-state index contributed by atoms with van der Waals surface area (Å²) >= 11 is 11.6. The summed E-state index contributed by atoms with van der Waals surface area (Å²) in [5.41, 5.74) is 2.52. The summed E-state index contributed by atoms with van der Waals surface area (Å²) in [6.45, 7) is 6.09. The fourth-order valence-corrected chi connectivity index (χ4v) is 3.35. The first kappa shape index (κ1) is 20.2. The van der Waals surface area contributed by atoms with Crippen molar-refractivity contribution in [2.45, 2.75) is 27.3 Å². The molecule has 0 aliphatic heterocycles. The normalized spacial score (nSPS) is 10.9. The van der Waals surface area contributed by atoms with Crippen molar-refractivity contribution in [2.75, 3.05) is 6.61 Å². The highest BCUT2D eigenvalue weighted by Gasteiger charge is 2.19. The molecule has 0 atom stereocenters. The highest BCUT2D eigenvalue weighted by molar-refractivity contribution is 6.41. The van der Waals surface area contributed by atoms with E-state index in [0.717, 1.165) is 27.5 Å². The van der Waals surface area contributed by atoms with Crippen LogP contribution in [0.2, 0.25) is 10.0 Å². The van der Waals surface area contributed by atoms with E-state index < -0.39 is 5.56 Å². The van der Waals surface area contributed by atoms with Gasteiger partial charge in [0.15, 0.2) is 5.78 Å². The van der Waals surface area contributed by atoms with Crippen molar-refractivity contribution >= 4 is 29.0 Å². The van der Waals surface area contributed by atoms with Crippen LogP contribution in [0.5, 0.6) is 5.75 Å². The summed E-state index contributed by atoms with van der Waals surface area (Å²) in [4.78, 5) is 24.9. The summed E-state index contributed by atoms with van der Waals surface area (Å²) < 4.78 is 8.47. The lowest BCUT2D eigenvalue weighted by atomic mass is 10.1. The highest BCUT2D eigenvalue weighted by atomic mass is 35.5. The molecule has 2 aromatic heterocycles. The third kappa shape index (κ3) is 3.84. The predicted molar refractivity (Wildman–Crippen MR) is 109 cm³/mol. The lowest BCUT2D eigenvalue weighted by Crippen LogP contribution is -2.27. The Morgan fingerprint density at radius 1 is 1.18 bits per heavy atom. The first-order chi connectivity index (χ1) is 13.3. The Morgan fingerprint density at radius 3 is 2.50 bits per heavy atom. The topological polar surface area (TPSA) is 66.1 Å². The molecular weight excluding hydrogens is 401 g/mol. The minimum Gasteiger partial charge on any atom is -0.494 e. The van der Waals surface area contributed by atoms with Crippen molar-refractivity contribution in [3.05, 3.63) is 73.9 Å². The van der Waals surface area contributed by atoms with E-state index in [1.807, 2.05) is 49.6 Å². The number of rotatable bonds is 6. The predicted octanol–water partition coefficient (Wildman–Crippen LogP) is 4.24. The van der Waals surface area contributed by atoms with Gasteiger partial charge in [-0.1, -0.05) is 23.2 Å². The lowest BCUT2D eigenvalue weighted by molar-refractivity contribution is 0.0965. The first-order valence-electron chi connectivity index (χ1n) is 8.70. The van der Waals surface area contributed by atoms with Crippen LogP contribution in [0.4, 0.5) is 0 Å². The van der Waals surface area contributed by atoms with E-state index in [4.69, 9.17) is 27.9 Å². The number of halogens is 2. The minimum absolute atomic E-state index is 0.0593. The molecule has 0 fully saturated rings. The maximum Gasteiger partial charge on any atom is 0.287 e.